The van der Waals surface area contributed by atoms with E-state index in [1.165, 1.54) is 5.71 Å². The van der Waals surface area contributed by atoms with Crippen LogP contribution in [0.5, 0.6) is 0 Å². The van der Waals surface area contributed by atoms with Crippen molar-refractivity contribution < 1.29 is 4.74 Å². The van der Waals surface area contributed by atoms with Crippen LogP contribution in [-0.4, -0.2) is 30.0 Å². The van der Waals surface area contributed by atoms with Crippen LogP contribution in [0.3, 0.4) is 0 Å². The lowest BCUT2D eigenvalue weighted by molar-refractivity contribution is 0.169. The van der Waals surface area contributed by atoms with Crippen LogP contribution in [0.2, 0.25) is 0 Å². The zero-order valence-corrected chi connectivity index (χ0v) is 8.24. The van der Waals surface area contributed by atoms with Crippen LogP contribution in [0.15, 0.2) is 17.1 Å². The molecule has 0 aromatic carbocycles. The molecule has 0 aromatic rings. The van der Waals surface area contributed by atoms with E-state index in [1.807, 2.05) is 19.0 Å². The molecule has 4 heteroatoms. The van der Waals surface area contributed by atoms with Crippen molar-refractivity contribution in [2.75, 3.05) is 7.05 Å². The van der Waals surface area contributed by atoms with Crippen molar-refractivity contribution in [2.24, 2.45) is 5.10 Å². The van der Waals surface area contributed by atoms with Gasteiger partial charge in [0.2, 0.25) is 0 Å². The number of nitrogens with zero attached hydrogens (tertiary/aromatic N) is 2. The lowest BCUT2D eigenvalue weighted by Crippen LogP contribution is -2.33. The number of rotatable bonds is 1. The lowest BCUT2D eigenvalue weighted by Gasteiger charge is -2.19. The summed E-state index contributed by atoms with van der Waals surface area (Å²) in [5.74, 6) is 0. The van der Waals surface area contributed by atoms with E-state index in [9.17, 15) is 0 Å². The molecule has 72 valence electrons. The van der Waals surface area contributed by atoms with E-state index < -0.39 is 0 Å². The van der Waals surface area contributed by atoms with Crippen LogP contribution in [-0.2, 0) is 4.74 Å². The standard InChI is InChI=1S/C9H15N3O/c1-6-4-9(12(3)11-6)8-5-13-7(2)10-8/h5,7,9-10H,4H2,1-3H3. The largest absolute Gasteiger partial charge is 0.477 e. The van der Waals surface area contributed by atoms with Crippen molar-refractivity contribution >= 4 is 5.71 Å². The Morgan fingerprint density at radius 2 is 2.46 bits per heavy atom. The summed E-state index contributed by atoms with van der Waals surface area (Å²) in [5, 5.41) is 9.61. The van der Waals surface area contributed by atoms with Gasteiger partial charge in [-0.15, -0.1) is 0 Å². The molecule has 0 bridgehead atoms. The normalized spacial score (nSPS) is 32.4. The molecule has 0 fully saturated rings. The van der Waals surface area contributed by atoms with E-state index >= 15 is 0 Å². The molecule has 0 aliphatic carbocycles. The first-order chi connectivity index (χ1) is 6.16. The first-order valence-corrected chi connectivity index (χ1v) is 4.56. The summed E-state index contributed by atoms with van der Waals surface area (Å²) < 4.78 is 5.31. The van der Waals surface area contributed by atoms with E-state index in [4.69, 9.17) is 4.74 Å². The van der Waals surface area contributed by atoms with Crippen LogP contribution >= 0.6 is 0 Å². The zero-order chi connectivity index (χ0) is 9.42. The topological polar surface area (TPSA) is 36.9 Å². The van der Waals surface area contributed by atoms with Gasteiger partial charge in [-0.1, -0.05) is 0 Å². The maximum Gasteiger partial charge on any atom is 0.166 e. The van der Waals surface area contributed by atoms with Gasteiger partial charge in [0.05, 0.1) is 11.7 Å². The second kappa shape index (κ2) is 2.94. The molecular formula is C9H15N3O. The molecule has 2 atom stereocenters. The highest BCUT2D eigenvalue weighted by Gasteiger charge is 2.28. The average molecular weight is 181 g/mol. The number of ether oxygens (including phenoxy) is 1. The summed E-state index contributed by atoms with van der Waals surface area (Å²) in [6, 6.07) is 0.338. The molecular weight excluding hydrogens is 166 g/mol. The predicted molar refractivity (Wildman–Crippen MR) is 51.0 cm³/mol. The minimum absolute atomic E-state index is 0.101. The molecule has 4 nitrogen and oxygen atoms in total. The van der Waals surface area contributed by atoms with Gasteiger partial charge < -0.3 is 10.1 Å². The summed E-state index contributed by atoms with van der Waals surface area (Å²) in [6.45, 7) is 4.04. The summed E-state index contributed by atoms with van der Waals surface area (Å²) in [5.41, 5.74) is 2.31. The number of hydrogen-bond donors (Lipinski definition) is 1. The van der Waals surface area contributed by atoms with Gasteiger partial charge in [0, 0.05) is 19.2 Å². The molecule has 2 rings (SSSR count). The molecule has 0 spiro atoms. The Labute approximate surface area is 78.2 Å². The molecule has 1 N–H and O–H groups in total. The number of nitrogens with one attached hydrogen (secondary N) is 1. The Morgan fingerprint density at radius 3 is 2.92 bits per heavy atom. The fourth-order valence-corrected chi connectivity index (χ4v) is 1.76. The van der Waals surface area contributed by atoms with Gasteiger partial charge in [0.25, 0.3) is 0 Å². The molecule has 0 aromatic heterocycles. The maximum atomic E-state index is 5.31. The van der Waals surface area contributed by atoms with E-state index in [2.05, 4.69) is 17.3 Å². The third-order valence-corrected chi connectivity index (χ3v) is 2.40. The SMILES string of the molecule is CC1=NN(C)C(C2=COC(C)N2)C1. The van der Waals surface area contributed by atoms with Crippen LogP contribution < -0.4 is 5.32 Å². The molecule has 2 aliphatic heterocycles. The Hall–Kier alpha value is -1.19. The molecule has 2 aliphatic rings. The van der Waals surface area contributed by atoms with Gasteiger partial charge in [0.15, 0.2) is 6.23 Å². The van der Waals surface area contributed by atoms with Crippen molar-refractivity contribution in [3.05, 3.63) is 12.0 Å². The molecule has 0 amide bonds. The fraction of sp³-hybridized carbons (Fsp3) is 0.667. The van der Waals surface area contributed by atoms with Crippen molar-refractivity contribution in [3.8, 4) is 0 Å². The third kappa shape index (κ3) is 1.48. The van der Waals surface area contributed by atoms with Crippen LogP contribution in [0, 0.1) is 0 Å². The van der Waals surface area contributed by atoms with E-state index in [0.717, 1.165) is 12.1 Å². The summed E-state index contributed by atoms with van der Waals surface area (Å²) >= 11 is 0. The summed E-state index contributed by atoms with van der Waals surface area (Å²) in [6.07, 6.45) is 2.90. The lowest BCUT2D eigenvalue weighted by atomic mass is 10.1. The van der Waals surface area contributed by atoms with Crippen molar-refractivity contribution in [3.63, 3.8) is 0 Å². The van der Waals surface area contributed by atoms with Crippen molar-refractivity contribution in [2.45, 2.75) is 32.5 Å². The Morgan fingerprint density at radius 1 is 1.69 bits per heavy atom. The van der Waals surface area contributed by atoms with Crippen molar-refractivity contribution in [1.82, 2.24) is 10.3 Å². The predicted octanol–water partition coefficient (Wildman–Crippen LogP) is 0.874. The highest BCUT2D eigenvalue weighted by Crippen LogP contribution is 2.21. The van der Waals surface area contributed by atoms with Gasteiger partial charge in [0.1, 0.15) is 6.26 Å². The second-order valence-corrected chi connectivity index (χ2v) is 3.62. The highest BCUT2D eigenvalue weighted by molar-refractivity contribution is 5.84. The first kappa shape index (κ1) is 8.41. The smallest absolute Gasteiger partial charge is 0.166 e. The van der Waals surface area contributed by atoms with Gasteiger partial charge in [-0.2, -0.15) is 5.10 Å². The summed E-state index contributed by atoms with van der Waals surface area (Å²) in [7, 11) is 1.99. The Balaban J connectivity index is 2.04. The van der Waals surface area contributed by atoms with E-state index in [0.29, 0.717) is 6.04 Å². The second-order valence-electron chi connectivity index (χ2n) is 3.62. The number of likely N-dealkylation sites (N-methyl/N-ethyl adjacent to an activating group) is 1. The minimum atomic E-state index is 0.101. The Bertz CT molecular complexity index is 272. The molecule has 0 saturated carbocycles. The minimum Gasteiger partial charge on any atom is -0.477 e. The van der Waals surface area contributed by atoms with Gasteiger partial charge >= 0.3 is 0 Å². The number of hydrogen-bond acceptors (Lipinski definition) is 4. The summed E-state index contributed by atoms with van der Waals surface area (Å²) in [4.78, 5) is 0. The quantitative estimate of drug-likeness (QED) is 0.652. The van der Waals surface area contributed by atoms with Crippen molar-refractivity contribution in [1.29, 1.82) is 0 Å². The average Bonchev–Trinajstić information content (AvgIpc) is 2.58. The third-order valence-electron chi connectivity index (χ3n) is 2.40. The van der Waals surface area contributed by atoms with Gasteiger partial charge in [-0.25, -0.2) is 0 Å². The highest BCUT2D eigenvalue weighted by atomic mass is 16.5. The molecule has 2 unspecified atom stereocenters. The Kier molecular flexibility index (Phi) is 1.90. The molecule has 13 heavy (non-hydrogen) atoms. The molecule has 0 saturated heterocycles. The fourth-order valence-electron chi connectivity index (χ4n) is 1.76. The van der Waals surface area contributed by atoms with Crippen LogP contribution in [0.4, 0.5) is 0 Å². The van der Waals surface area contributed by atoms with E-state index in [1.54, 1.807) is 6.26 Å². The monoisotopic (exact) mass is 181 g/mol. The molecule has 0 radical (unpaired) electrons. The zero-order valence-electron chi connectivity index (χ0n) is 8.24. The maximum absolute atomic E-state index is 5.31. The van der Waals surface area contributed by atoms with Gasteiger partial charge in [-0.3, -0.25) is 5.01 Å². The number of hydrazone groups is 1. The van der Waals surface area contributed by atoms with E-state index in [-0.39, 0.29) is 6.23 Å². The van der Waals surface area contributed by atoms with Crippen LogP contribution in [0.25, 0.3) is 0 Å². The first-order valence-electron chi connectivity index (χ1n) is 4.56. The van der Waals surface area contributed by atoms with Crippen LogP contribution in [0.1, 0.15) is 20.3 Å². The molecule has 2 heterocycles. The van der Waals surface area contributed by atoms with Gasteiger partial charge in [-0.05, 0) is 13.8 Å².